The molecule has 0 amide bonds. The molecule has 2 nitrogen and oxygen atoms in total. The quantitative estimate of drug-likeness (QED) is 0.728. The summed E-state index contributed by atoms with van der Waals surface area (Å²) in [4.78, 5) is 0. The van der Waals surface area contributed by atoms with Gasteiger partial charge in [0.25, 0.3) is 0 Å². The van der Waals surface area contributed by atoms with Crippen molar-refractivity contribution in [3.63, 3.8) is 0 Å². The number of ether oxygens (including phenoxy) is 1. The summed E-state index contributed by atoms with van der Waals surface area (Å²) in [7, 11) is 0. The summed E-state index contributed by atoms with van der Waals surface area (Å²) in [5.74, 6) is 0.883. The predicted octanol–water partition coefficient (Wildman–Crippen LogP) is 2.08. The first kappa shape index (κ1) is 9.17. The van der Waals surface area contributed by atoms with Crippen LogP contribution in [0.2, 0.25) is 0 Å². The normalized spacial score (nSPS) is 51.6. The van der Waals surface area contributed by atoms with Crippen LogP contribution in [0.1, 0.15) is 45.4 Å². The maximum Gasteiger partial charge on any atom is 0.0733 e. The molecule has 2 bridgehead atoms. The van der Waals surface area contributed by atoms with E-state index >= 15 is 0 Å². The fraction of sp³-hybridized carbons (Fsp3) is 1.00. The lowest BCUT2D eigenvalue weighted by molar-refractivity contribution is 0.0953. The zero-order valence-electron chi connectivity index (χ0n) is 9.04. The van der Waals surface area contributed by atoms with Gasteiger partial charge in [0, 0.05) is 12.1 Å². The van der Waals surface area contributed by atoms with Crippen LogP contribution in [0, 0.1) is 5.92 Å². The van der Waals surface area contributed by atoms with Crippen LogP contribution in [-0.4, -0.2) is 24.3 Å². The third-order valence-corrected chi connectivity index (χ3v) is 4.40. The molecule has 0 radical (unpaired) electrons. The van der Waals surface area contributed by atoms with Crippen molar-refractivity contribution in [2.75, 3.05) is 0 Å². The average Bonchev–Trinajstić information content (AvgIpc) is 2.83. The summed E-state index contributed by atoms with van der Waals surface area (Å²) in [6.45, 7) is 2.39. The van der Waals surface area contributed by atoms with Gasteiger partial charge in [-0.3, -0.25) is 0 Å². The van der Waals surface area contributed by atoms with Gasteiger partial charge < -0.3 is 10.1 Å². The van der Waals surface area contributed by atoms with Gasteiger partial charge in [-0.25, -0.2) is 0 Å². The molecule has 1 N–H and O–H groups in total. The van der Waals surface area contributed by atoms with Crippen LogP contribution in [0.3, 0.4) is 0 Å². The van der Waals surface area contributed by atoms with Gasteiger partial charge in [-0.05, 0) is 38.0 Å². The fourth-order valence-corrected chi connectivity index (χ4v) is 3.48. The molecule has 3 fully saturated rings. The van der Waals surface area contributed by atoms with Crippen molar-refractivity contribution in [2.24, 2.45) is 5.92 Å². The van der Waals surface area contributed by atoms with Crippen molar-refractivity contribution in [3.8, 4) is 0 Å². The molecule has 2 saturated heterocycles. The molecule has 1 aliphatic carbocycles. The number of hydrogen-bond donors (Lipinski definition) is 1. The van der Waals surface area contributed by atoms with Crippen LogP contribution in [0.4, 0.5) is 0 Å². The summed E-state index contributed by atoms with van der Waals surface area (Å²) in [6, 6.07) is 1.46. The molecule has 3 aliphatic rings. The van der Waals surface area contributed by atoms with E-state index in [1.165, 1.54) is 38.5 Å². The highest BCUT2D eigenvalue weighted by molar-refractivity contribution is 4.96. The molecular formula is C12H21NO. The molecule has 2 aliphatic heterocycles. The minimum Gasteiger partial charge on any atom is -0.373 e. The summed E-state index contributed by atoms with van der Waals surface area (Å²) >= 11 is 0. The van der Waals surface area contributed by atoms with E-state index in [9.17, 15) is 0 Å². The summed E-state index contributed by atoms with van der Waals surface area (Å²) < 4.78 is 5.87. The maximum atomic E-state index is 5.87. The van der Waals surface area contributed by atoms with Crippen LogP contribution in [-0.2, 0) is 4.74 Å². The Hall–Kier alpha value is -0.0800. The molecule has 0 aromatic rings. The van der Waals surface area contributed by atoms with E-state index in [2.05, 4.69) is 12.2 Å². The first-order chi connectivity index (χ1) is 6.83. The Kier molecular flexibility index (Phi) is 2.29. The van der Waals surface area contributed by atoms with Gasteiger partial charge in [-0.2, -0.15) is 0 Å². The topological polar surface area (TPSA) is 21.3 Å². The number of hydrogen-bond acceptors (Lipinski definition) is 2. The lowest BCUT2D eigenvalue weighted by Crippen LogP contribution is -2.44. The minimum atomic E-state index is 0.549. The van der Waals surface area contributed by atoms with E-state index in [4.69, 9.17) is 4.74 Å². The van der Waals surface area contributed by atoms with Gasteiger partial charge in [-0.15, -0.1) is 0 Å². The summed E-state index contributed by atoms with van der Waals surface area (Å²) in [5, 5.41) is 3.83. The van der Waals surface area contributed by atoms with Crippen molar-refractivity contribution in [1.29, 1.82) is 0 Å². The van der Waals surface area contributed by atoms with Crippen molar-refractivity contribution < 1.29 is 4.74 Å². The van der Waals surface area contributed by atoms with Crippen molar-refractivity contribution in [3.05, 3.63) is 0 Å². The SMILES string of the molecule is CC1CCCC1N[C@@H]1C[C@H]2CC[C@@H]1O2. The maximum absolute atomic E-state index is 5.87. The van der Waals surface area contributed by atoms with Crippen LogP contribution in [0.5, 0.6) is 0 Å². The Bertz CT molecular complexity index is 218. The average molecular weight is 195 g/mol. The van der Waals surface area contributed by atoms with Crippen LogP contribution in [0.15, 0.2) is 0 Å². The third-order valence-electron chi connectivity index (χ3n) is 4.40. The first-order valence-electron chi connectivity index (χ1n) is 6.24. The highest BCUT2D eigenvalue weighted by atomic mass is 16.5. The second kappa shape index (κ2) is 3.49. The van der Waals surface area contributed by atoms with Crippen molar-refractivity contribution >= 4 is 0 Å². The molecule has 0 aromatic heterocycles. The van der Waals surface area contributed by atoms with E-state index in [0.717, 1.165) is 12.0 Å². The lowest BCUT2D eigenvalue weighted by atomic mass is 9.94. The molecule has 3 rings (SSSR count). The van der Waals surface area contributed by atoms with E-state index in [-0.39, 0.29) is 0 Å². The highest BCUT2D eigenvalue weighted by Gasteiger charge is 2.42. The zero-order valence-corrected chi connectivity index (χ0v) is 9.04. The molecule has 5 atom stereocenters. The monoisotopic (exact) mass is 195 g/mol. The van der Waals surface area contributed by atoms with Crippen LogP contribution >= 0.6 is 0 Å². The molecule has 0 spiro atoms. The van der Waals surface area contributed by atoms with Gasteiger partial charge >= 0.3 is 0 Å². The molecule has 1 saturated carbocycles. The number of nitrogens with one attached hydrogen (secondary N) is 1. The summed E-state index contributed by atoms with van der Waals surface area (Å²) in [5.41, 5.74) is 0. The van der Waals surface area contributed by atoms with Gasteiger partial charge in [-0.1, -0.05) is 13.3 Å². The van der Waals surface area contributed by atoms with Crippen LogP contribution < -0.4 is 5.32 Å². The van der Waals surface area contributed by atoms with Crippen LogP contribution in [0.25, 0.3) is 0 Å². The van der Waals surface area contributed by atoms with Gasteiger partial charge in [0.15, 0.2) is 0 Å². The molecule has 80 valence electrons. The minimum absolute atomic E-state index is 0.549. The van der Waals surface area contributed by atoms with Gasteiger partial charge in [0.2, 0.25) is 0 Å². The van der Waals surface area contributed by atoms with Crippen molar-refractivity contribution in [2.45, 2.75) is 69.7 Å². The molecule has 0 aromatic carbocycles. The Morgan fingerprint density at radius 1 is 1.07 bits per heavy atom. The number of rotatable bonds is 2. The predicted molar refractivity (Wildman–Crippen MR) is 56.2 cm³/mol. The molecule has 2 heteroatoms. The molecule has 14 heavy (non-hydrogen) atoms. The van der Waals surface area contributed by atoms with Crippen molar-refractivity contribution in [1.82, 2.24) is 5.32 Å². The van der Waals surface area contributed by atoms with E-state index in [1.54, 1.807) is 0 Å². The Morgan fingerprint density at radius 3 is 2.57 bits per heavy atom. The number of fused-ring (bicyclic) bond motifs is 2. The Labute approximate surface area is 86.4 Å². The van der Waals surface area contributed by atoms with E-state index < -0.39 is 0 Å². The van der Waals surface area contributed by atoms with E-state index in [1.807, 2.05) is 0 Å². The largest absolute Gasteiger partial charge is 0.373 e. The summed E-state index contributed by atoms with van der Waals surface area (Å²) in [6.07, 6.45) is 9.23. The second-order valence-electron chi connectivity index (χ2n) is 5.40. The van der Waals surface area contributed by atoms with Gasteiger partial charge in [0.05, 0.1) is 12.2 Å². The smallest absolute Gasteiger partial charge is 0.0733 e. The Morgan fingerprint density at radius 2 is 2.00 bits per heavy atom. The van der Waals surface area contributed by atoms with Gasteiger partial charge in [0.1, 0.15) is 0 Å². The molecule has 2 unspecified atom stereocenters. The third kappa shape index (κ3) is 1.49. The van der Waals surface area contributed by atoms with E-state index in [0.29, 0.717) is 18.2 Å². The lowest BCUT2D eigenvalue weighted by Gasteiger charge is -2.26. The fourth-order valence-electron chi connectivity index (χ4n) is 3.48. The molecule has 2 heterocycles. The standard InChI is InChI=1S/C12H21NO/c1-8-3-2-4-10(8)13-11-7-9-5-6-12(11)14-9/h8-13H,2-7H2,1H3/t8?,9-,10?,11-,12+/m1/s1. The Balaban J connectivity index is 1.57. The molecular weight excluding hydrogens is 174 g/mol. The first-order valence-corrected chi connectivity index (χ1v) is 6.24. The zero-order chi connectivity index (χ0) is 9.54. The highest BCUT2D eigenvalue weighted by Crippen LogP contribution is 2.36. The second-order valence-corrected chi connectivity index (χ2v) is 5.40.